The third kappa shape index (κ3) is 4.84. The molecule has 5 rings (SSSR count). The van der Waals surface area contributed by atoms with Crippen LogP contribution in [0.2, 0.25) is 0 Å². The summed E-state index contributed by atoms with van der Waals surface area (Å²) in [5, 5.41) is 3.27. The molecule has 2 aromatic carbocycles. The molecule has 0 saturated carbocycles. The zero-order chi connectivity index (χ0) is 24.7. The van der Waals surface area contributed by atoms with Crippen molar-refractivity contribution in [3.8, 4) is 0 Å². The van der Waals surface area contributed by atoms with E-state index in [9.17, 15) is 12.8 Å². The third-order valence-corrected chi connectivity index (χ3v) is 9.98. The molecule has 35 heavy (non-hydrogen) atoms. The molecule has 0 radical (unpaired) electrons. The van der Waals surface area contributed by atoms with Crippen LogP contribution in [0.5, 0.6) is 0 Å². The number of fused-ring (bicyclic) bond motifs is 2. The maximum atomic E-state index is 13.6. The van der Waals surface area contributed by atoms with Crippen LogP contribution in [0.15, 0.2) is 46.7 Å². The number of rotatable bonds is 6. The number of sulfonamides is 1. The molecule has 1 saturated heterocycles. The third-order valence-electron chi connectivity index (χ3n) is 7.23. The number of hydrogen-bond donors (Lipinski definition) is 0. The Morgan fingerprint density at radius 2 is 2.00 bits per heavy atom. The predicted octanol–water partition coefficient (Wildman–Crippen LogP) is 4.51. The van der Waals surface area contributed by atoms with Crippen molar-refractivity contribution in [1.82, 2.24) is 9.21 Å². The number of ether oxygens (including phenoxy) is 1. The Morgan fingerprint density at radius 3 is 2.77 bits per heavy atom. The van der Waals surface area contributed by atoms with Crippen molar-refractivity contribution in [3.63, 3.8) is 0 Å². The van der Waals surface area contributed by atoms with Crippen LogP contribution in [-0.2, 0) is 21.2 Å². The summed E-state index contributed by atoms with van der Waals surface area (Å²) in [6.45, 7) is 6.61. The molecule has 0 bridgehead atoms. The first kappa shape index (κ1) is 24.6. The van der Waals surface area contributed by atoms with Gasteiger partial charge < -0.3 is 9.64 Å². The predicted molar refractivity (Wildman–Crippen MR) is 139 cm³/mol. The Labute approximate surface area is 210 Å². The summed E-state index contributed by atoms with van der Waals surface area (Å²) in [5.74, 6) is -0.189. The van der Waals surface area contributed by atoms with Gasteiger partial charge in [-0.2, -0.15) is 0 Å². The van der Waals surface area contributed by atoms with E-state index in [0.717, 1.165) is 60.2 Å². The lowest BCUT2D eigenvalue weighted by atomic mass is 9.95. The van der Waals surface area contributed by atoms with Gasteiger partial charge in [-0.1, -0.05) is 6.07 Å². The molecule has 3 heterocycles. The molecule has 0 unspecified atom stereocenters. The first-order valence-corrected chi connectivity index (χ1v) is 14.4. The van der Waals surface area contributed by atoms with Gasteiger partial charge in [-0.25, -0.2) is 17.1 Å². The Bertz CT molecular complexity index is 1320. The van der Waals surface area contributed by atoms with E-state index in [1.54, 1.807) is 43.6 Å². The highest BCUT2D eigenvalue weighted by Crippen LogP contribution is 2.35. The summed E-state index contributed by atoms with van der Waals surface area (Å²) in [4.78, 5) is 5.26. The van der Waals surface area contributed by atoms with Crippen LogP contribution in [0.3, 0.4) is 0 Å². The van der Waals surface area contributed by atoms with Gasteiger partial charge in [0.1, 0.15) is 5.82 Å². The van der Waals surface area contributed by atoms with Crippen molar-refractivity contribution < 1.29 is 17.5 Å². The van der Waals surface area contributed by atoms with Crippen molar-refractivity contribution in [2.24, 2.45) is 0 Å². The Hall–Kier alpha value is -2.04. The Balaban J connectivity index is 1.23. The average molecular weight is 518 g/mol. The molecule has 1 fully saturated rings. The first-order chi connectivity index (χ1) is 16.7. The number of halogens is 1. The molecule has 2 atom stereocenters. The van der Waals surface area contributed by atoms with Gasteiger partial charge in [0, 0.05) is 61.8 Å². The summed E-state index contributed by atoms with van der Waals surface area (Å²) in [5.41, 5.74) is 3.38. The van der Waals surface area contributed by atoms with Gasteiger partial charge in [0.2, 0.25) is 10.0 Å². The van der Waals surface area contributed by atoms with Gasteiger partial charge in [-0.3, -0.25) is 4.90 Å². The molecule has 0 spiro atoms. The van der Waals surface area contributed by atoms with E-state index in [1.165, 1.54) is 9.99 Å². The van der Waals surface area contributed by atoms with E-state index in [4.69, 9.17) is 4.74 Å². The molecule has 1 aromatic heterocycles. The monoisotopic (exact) mass is 517 g/mol. The smallest absolute Gasteiger partial charge is 0.242 e. The molecule has 3 aromatic rings. The maximum Gasteiger partial charge on any atom is 0.242 e. The van der Waals surface area contributed by atoms with Crippen LogP contribution >= 0.6 is 11.3 Å². The fourth-order valence-electron chi connectivity index (χ4n) is 5.19. The lowest BCUT2D eigenvalue weighted by Crippen LogP contribution is -2.52. The zero-order valence-electron chi connectivity index (χ0n) is 20.4. The van der Waals surface area contributed by atoms with E-state index in [-0.39, 0.29) is 11.9 Å². The van der Waals surface area contributed by atoms with E-state index >= 15 is 0 Å². The minimum absolute atomic E-state index is 0.0178. The van der Waals surface area contributed by atoms with Crippen LogP contribution in [0, 0.1) is 5.82 Å². The molecule has 0 amide bonds. The van der Waals surface area contributed by atoms with E-state index in [2.05, 4.69) is 22.1 Å². The van der Waals surface area contributed by atoms with Gasteiger partial charge in [0.05, 0.1) is 23.3 Å². The summed E-state index contributed by atoms with van der Waals surface area (Å²) in [6, 6.07) is 10.9. The number of anilines is 1. The quantitative estimate of drug-likeness (QED) is 0.482. The van der Waals surface area contributed by atoms with Crippen LogP contribution in [0.25, 0.3) is 10.1 Å². The van der Waals surface area contributed by atoms with Crippen molar-refractivity contribution >= 4 is 37.1 Å². The van der Waals surface area contributed by atoms with Gasteiger partial charge in [-0.15, -0.1) is 11.3 Å². The zero-order valence-corrected chi connectivity index (χ0v) is 22.0. The maximum absolute atomic E-state index is 13.6. The Kier molecular flexibility index (Phi) is 6.89. The highest BCUT2D eigenvalue weighted by Gasteiger charge is 2.28. The molecule has 0 N–H and O–H groups in total. The second-order valence-corrected chi connectivity index (χ2v) is 12.7. The first-order valence-electron chi connectivity index (χ1n) is 12.1. The summed E-state index contributed by atoms with van der Waals surface area (Å²) in [7, 11) is -0.327. The summed E-state index contributed by atoms with van der Waals surface area (Å²) >= 11 is 1.60. The molecular weight excluding hydrogens is 485 g/mol. The number of thiophene rings is 1. The lowest BCUT2D eigenvalue weighted by Gasteiger charge is -2.41. The number of benzene rings is 2. The molecule has 2 aliphatic heterocycles. The topological polar surface area (TPSA) is 53.1 Å². The molecule has 0 aliphatic carbocycles. The number of piperazine rings is 1. The Morgan fingerprint density at radius 1 is 1.17 bits per heavy atom. The molecule has 188 valence electrons. The SMILES string of the molecule is C[C@@H]1CN(c2csc3cc(F)ccc23)CCN1CC[C@@H]1OCCc2cc(S(=O)(=O)N(C)C)ccc21. The molecule has 6 nitrogen and oxygen atoms in total. The van der Waals surface area contributed by atoms with Crippen molar-refractivity contribution in [3.05, 3.63) is 58.7 Å². The van der Waals surface area contributed by atoms with Crippen molar-refractivity contribution in [1.29, 1.82) is 0 Å². The van der Waals surface area contributed by atoms with Crippen LogP contribution < -0.4 is 4.90 Å². The molecule has 2 aliphatic rings. The summed E-state index contributed by atoms with van der Waals surface area (Å²) < 4.78 is 47.0. The molecule has 9 heteroatoms. The average Bonchev–Trinajstić information content (AvgIpc) is 3.25. The highest BCUT2D eigenvalue weighted by atomic mass is 32.2. The number of nitrogens with zero attached hydrogens (tertiary/aromatic N) is 3. The standard InChI is InChI=1S/C26H32FN3O3S2/c1-18-16-30(24-17-34-26-15-20(27)4-6-23(24)26)12-11-29(18)10-8-25-22-7-5-21(35(31,32)28(2)3)14-19(22)9-13-33-25/h4-7,14-15,17-18,25H,8-13,16H2,1-3H3/t18-,25+/m1/s1. The van der Waals surface area contributed by atoms with Gasteiger partial charge in [-0.05, 0) is 61.2 Å². The van der Waals surface area contributed by atoms with Gasteiger partial charge >= 0.3 is 0 Å². The van der Waals surface area contributed by atoms with E-state index < -0.39 is 10.0 Å². The van der Waals surface area contributed by atoms with E-state index in [1.807, 2.05) is 18.2 Å². The lowest BCUT2D eigenvalue weighted by molar-refractivity contribution is 0.0254. The van der Waals surface area contributed by atoms with Crippen molar-refractivity contribution in [2.75, 3.05) is 51.8 Å². The van der Waals surface area contributed by atoms with Crippen LogP contribution in [0.4, 0.5) is 10.1 Å². The van der Waals surface area contributed by atoms with Gasteiger partial charge in [0.15, 0.2) is 0 Å². The second kappa shape index (κ2) is 9.78. The van der Waals surface area contributed by atoms with E-state index in [0.29, 0.717) is 17.5 Å². The largest absolute Gasteiger partial charge is 0.373 e. The van der Waals surface area contributed by atoms with Crippen LogP contribution in [-0.4, -0.2) is 70.5 Å². The van der Waals surface area contributed by atoms with Gasteiger partial charge in [0.25, 0.3) is 0 Å². The summed E-state index contributed by atoms with van der Waals surface area (Å²) in [6.07, 6.45) is 1.59. The molecular formula is C26H32FN3O3S2. The second-order valence-electron chi connectivity index (χ2n) is 9.64. The number of hydrogen-bond acceptors (Lipinski definition) is 6. The normalized spacial score (nSPS) is 21.6. The minimum Gasteiger partial charge on any atom is -0.373 e. The van der Waals surface area contributed by atoms with Crippen LogP contribution in [0.1, 0.15) is 30.6 Å². The highest BCUT2D eigenvalue weighted by molar-refractivity contribution is 7.89. The minimum atomic E-state index is -3.44. The fraction of sp³-hybridized carbons (Fsp3) is 0.462. The fourth-order valence-corrected chi connectivity index (χ4v) is 7.13. The van der Waals surface area contributed by atoms with Crippen molar-refractivity contribution in [2.45, 2.75) is 36.8 Å².